The van der Waals surface area contributed by atoms with Crippen LogP contribution in [0, 0.1) is 11.8 Å². The minimum absolute atomic E-state index is 0.740. The summed E-state index contributed by atoms with van der Waals surface area (Å²) in [6.07, 6.45) is -34.7. The Bertz CT molecular complexity index is 557. The number of hydrogen-bond donors (Lipinski definition) is 0. The molecule has 0 saturated heterocycles. The molecule has 36 heavy (non-hydrogen) atoms. The monoisotopic (exact) mass is 584 g/mol. The molecule has 6 atom stereocenters. The summed E-state index contributed by atoms with van der Waals surface area (Å²) in [6.45, 7) is 0.324. The van der Waals surface area contributed by atoms with Gasteiger partial charge in [0.25, 0.3) is 12.7 Å². The molecule has 0 aromatic heterocycles. The molecule has 6 unspecified atom stereocenters. The third-order valence-electron chi connectivity index (χ3n) is 3.81. The molecule has 0 N–H and O–H groups in total. The van der Waals surface area contributed by atoms with Crippen molar-refractivity contribution in [2.45, 2.75) is 76.0 Å². The van der Waals surface area contributed by atoms with Gasteiger partial charge in [0.2, 0.25) is 0 Å². The molecule has 0 radical (unpaired) electrons. The van der Waals surface area contributed by atoms with Crippen LogP contribution in [-0.4, -0.2) is 75.3 Å². The summed E-state index contributed by atoms with van der Waals surface area (Å²) in [4.78, 5) is 0. The van der Waals surface area contributed by atoms with Gasteiger partial charge in [-0.15, -0.1) is 0 Å². The van der Waals surface area contributed by atoms with Gasteiger partial charge in [-0.05, 0) is 0 Å². The molecular weight excluding hydrogens is 566 g/mol. The van der Waals surface area contributed by atoms with Gasteiger partial charge in [-0.25, -0.2) is 35.1 Å². The van der Waals surface area contributed by atoms with Crippen molar-refractivity contribution in [3.05, 3.63) is 0 Å². The molecule has 0 fully saturated rings. The summed E-state index contributed by atoms with van der Waals surface area (Å²) in [5, 5.41) is 0. The molecule has 0 bridgehead atoms. The maximum Gasteiger partial charge on any atom is 0.420 e. The van der Waals surface area contributed by atoms with Gasteiger partial charge in [0.15, 0.2) is 12.3 Å². The standard InChI is InChI=1S/C10H14F8O.C6H4F10O/c1-5(7(11)9(13,14)15)3-19-4-6(2)8(12)10(16,17)18;7-1(8)5(13,14)3(11)17-4(12)6(15,16)2(9)10/h5-8H,3-4H2,1-2H3;1-4H. The molecule has 220 valence electrons. The molecule has 0 aliphatic rings. The summed E-state index contributed by atoms with van der Waals surface area (Å²) >= 11 is 0. The van der Waals surface area contributed by atoms with Crippen LogP contribution in [0.3, 0.4) is 0 Å². The highest BCUT2D eigenvalue weighted by atomic mass is 19.4. The number of rotatable bonds is 12. The van der Waals surface area contributed by atoms with E-state index in [1.165, 1.54) is 0 Å². The molecule has 0 aliphatic heterocycles. The Balaban J connectivity index is 0. The van der Waals surface area contributed by atoms with Crippen molar-refractivity contribution in [2.24, 2.45) is 11.8 Å². The third kappa shape index (κ3) is 11.8. The molecule has 0 aliphatic carbocycles. The maximum atomic E-state index is 12.7. The van der Waals surface area contributed by atoms with Crippen molar-refractivity contribution in [1.82, 2.24) is 0 Å². The SMILES string of the molecule is CC(COCC(C)C(F)C(F)(F)F)C(F)C(F)(F)F.FC(F)C(F)(F)C(F)OC(F)C(F)(F)C(F)F. The summed E-state index contributed by atoms with van der Waals surface area (Å²) in [7, 11) is 0. The van der Waals surface area contributed by atoms with Crippen LogP contribution in [-0.2, 0) is 9.47 Å². The van der Waals surface area contributed by atoms with Crippen LogP contribution in [0.25, 0.3) is 0 Å². The zero-order chi connectivity index (χ0) is 29.4. The lowest BCUT2D eigenvalue weighted by molar-refractivity contribution is -0.325. The number of ether oxygens (including phenoxy) is 2. The zero-order valence-corrected chi connectivity index (χ0v) is 17.7. The first-order valence-corrected chi connectivity index (χ1v) is 9.05. The van der Waals surface area contributed by atoms with Crippen LogP contribution in [0.2, 0.25) is 0 Å². The van der Waals surface area contributed by atoms with Crippen LogP contribution in [0.5, 0.6) is 0 Å². The van der Waals surface area contributed by atoms with E-state index in [2.05, 4.69) is 9.47 Å². The highest BCUT2D eigenvalue weighted by Gasteiger charge is 2.57. The second-order valence-corrected chi connectivity index (χ2v) is 7.10. The van der Waals surface area contributed by atoms with Crippen molar-refractivity contribution in [3.63, 3.8) is 0 Å². The molecule has 0 rings (SSSR count). The van der Waals surface area contributed by atoms with Gasteiger partial charge in [-0.2, -0.15) is 43.9 Å². The fourth-order valence-corrected chi connectivity index (χ4v) is 1.74. The van der Waals surface area contributed by atoms with E-state index < -0.39 is 87.2 Å². The topological polar surface area (TPSA) is 18.5 Å². The van der Waals surface area contributed by atoms with Gasteiger partial charge in [0.1, 0.15) is 0 Å². The van der Waals surface area contributed by atoms with Crippen molar-refractivity contribution in [3.8, 4) is 0 Å². The van der Waals surface area contributed by atoms with Crippen molar-refractivity contribution in [1.29, 1.82) is 0 Å². The highest BCUT2D eigenvalue weighted by Crippen LogP contribution is 2.36. The van der Waals surface area contributed by atoms with Crippen LogP contribution < -0.4 is 0 Å². The van der Waals surface area contributed by atoms with Gasteiger partial charge in [0, 0.05) is 11.8 Å². The lowest BCUT2D eigenvalue weighted by Gasteiger charge is -2.25. The zero-order valence-electron chi connectivity index (χ0n) is 17.7. The molecule has 0 heterocycles. The van der Waals surface area contributed by atoms with Crippen molar-refractivity contribution < 1.29 is 88.5 Å². The number of alkyl halides is 18. The fraction of sp³-hybridized carbons (Fsp3) is 1.00. The number of halogens is 18. The molecule has 0 amide bonds. The Morgan fingerprint density at radius 3 is 0.944 bits per heavy atom. The smallest absolute Gasteiger partial charge is 0.381 e. The second kappa shape index (κ2) is 14.0. The summed E-state index contributed by atoms with van der Waals surface area (Å²) < 4.78 is 222. The van der Waals surface area contributed by atoms with Crippen molar-refractivity contribution in [2.75, 3.05) is 13.2 Å². The summed E-state index contributed by atoms with van der Waals surface area (Å²) in [5.74, 6) is -14.3. The minimum Gasteiger partial charge on any atom is -0.381 e. The third-order valence-corrected chi connectivity index (χ3v) is 3.81. The van der Waals surface area contributed by atoms with Gasteiger partial charge >= 0.3 is 37.0 Å². The van der Waals surface area contributed by atoms with E-state index in [0.717, 1.165) is 13.8 Å². The van der Waals surface area contributed by atoms with Gasteiger partial charge in [0.05, 0.1) is 13.2 Å². The summed E-state index contributed by atoms with van der Waals surface area (Å²) in [6, 6.07) is 0. The highest BCUT2D eigenvalue weighted by molar-refractivity contribution is 4.78. The average Bonchev–Trinajstić information content (AvgIpc) is 2.70. The molecule has 0 aromatic carbocycles. The normalized spacial score (nSPS) is 18.8. The first-order chi connectivity index (χ1) is 15.8. The van der Waals surface area contributed by atoms with E-state index in [-0.39, 0.29) is 0 Å². The van der Waals surface area contributed by atoms with Gasteiger partial charge < -0.3 is 9.47 Å². The molecule has 0 aromatic rings. The molecule has 0 spiro atoms. The lowest BCUT2D eigenvalue weighted by Crippen LogP contribution is -2.46. The first kappa shape index (κ1) is 36.8. The summed E-state index contributed by atoms with van der Waals surface area (Å²) in [5.41, 5.74) is 0. The maximum absolute atomic E-state index is 12.7. The molecule has 20 heteroatoms. The van der Waals surface area contributed by atoms with Crippen molar-refractivity contribution >= 4 is 0 Å². The molecular formula is C16H18F18O2. The Labute approximate surface area is 190 Å². The van der Waals surface area contributed by atoms with E-state index in [1.807, 2.05) is 0 Å². The van der Waals surface area contributed by atoms with Gasteiger partial charge in [-0.1, -0.05) is 13.8 Å². The Hall–Kier alpha value is -1.34. The van der Waals surface area contributed by atoms with Crippen LogP contribution in [0.1, 0.15) is 13.8 Å². The number of hydrogen-bond acceptors (Lipinski definition) is 2. The predicted octanol–water partition coefficient (Wildman–Crippen LogP) is 7.47. The fourth-order valence-electron chi connectivity index (χ4n) is 1.74. The van der Waals surface area contributed by atoms with E-state index in [0.29, 0.717) is 0 Å². The van der Waals surface area contributed by atoms with Crippen LogP contribution in [0.15, 0.2) is 0 Å². The minimum atomic E-state index is -5.59. The quantitative estimate of drug-likeness (QED) is 0.222. The Morgan fingerprint density at radius 2 is 0.750 bits per heavy atom. The molecule has 2 nitrogen and oxygen atoms in total. The Kier molecular flexibility index (Phi) is 14.3. The van der Waals surface area contributed by atoms with Crippen LogP contribution >= 0.6 is 0 Å². The van der Waals surface area contributed by atoms with E-state index in [4.69, 9.17) is 0 Å². The van der Waals surface area contributed by atoms with E-state index >= 15 is 0 Å². The molecule has 0 saturated carbocycles. The average molecular weight is 584 g/mol. The largest absolute Gasteiger partial charge is 0.420 e. The van der Waals surface area contributed by atoms with E-state index in [9.17, 15) is 79.0 Å². The predicted molar refractivity (Wildman–Crippen MR) is 83.8 cm³/mol. The lowest BCUT2D eigenvalue weighted by atomic mass is 10.1. The Morgan fingerprint density at radius 1 is 0.500 bits per heavy atom. The van der Waals surface area contributed by atoms with Crippen LogP contribution in [0.4, 0.5) is 79.0 Å². The second-order valence-electron chi connectivity index (χ2n) is 7.10. The van der Waals surface area contributed by atoms with E-state index in [1.54, 1.807) is 0 Å². The van der Waals surface area contributed by atoms with Gasteiger partial charge in [-0.3, -0.25) is 0 Å². The first-order valence-electron chi connectivity index (χ1n) is 9.05.